The number of hydrogen-bond acceptors (Lipinski definition) is 5. The highest BCUT2D eigenvalue weighted by molar-refractivity contribution is 7.11. The van der Waals surface area contributed by atoms with Crippen LogP contribution in [0.3, 0.4) is 0 Å². The van der Waals surface area contributed by atoms with Crippen LogP contribution in [0.1, 0.15) is 47.6 Å². The van der Waals surface area contributed by atoms with Crippen molar-refractivity contribution >= 4 is 17.3 Å². The molecule has 0 amide bonds. The van der Waals surface area contributed by atoms with Gasteiger partial charge in [0.05, 0.1) is 5.69 Å². The van der Waals surface area contributed by atoms with Crippen LogP contribution in [0, 0.1) is 0 Å². The Balaban J connectivity index is 1.47. The van der Waals surface area contributed by atoms with Crippen molar-refractivity contribution in [1.82, 2.24) is 14.8 Å². The van der Waals surface area contributed by atoms with Crippen molar-refractivity contribution in [1.29, 1.82) is 0 Å². The Labute approximate surface area is 129 Å². The molecule has 1 aromatic rings. The van der Waals surface area contributed by atoms with Crippen molar-refractivity contribution < 1.29 is 9.90 Å². The normalized spacial score (nSPS) is 22.5. The molecule has 2 fully saturated rings. The zero-order valence-electron chi connectivity index (χ0n) is 12.3. The molecular formula is C15H23N3O2S. The van der Waals surface area contributed by atoms with Gasteiger partial charge in [-0.1, -0.05) is 6.42 Å². The van der Waals surface area contributed by atoms with Gasteiger partial charge in [0.2, 0.25) is 5.01 Å². The van der Waals surface area contributed by atoms with E-state index in [2.05, 4.69) is 14.8 Å². The number of carboxylic acid groups (broad SMARTS) is 1. The average Bonchev–Trinajstić information content (AvgIpc) is 2.98. The summed E-state index contributed by atoms with van der Waals surface area (Å²) >= 11 is 1.22. The van der Waals surface area contributed by atoms with Crippen molar-refractivity contribution in [3.05, 3.63) is 16.1 Å². The average molecular weight is 309 g/mol. The van der Waals surface area contributed by atoms with Crippen LogP contribution in [0.2, 0.25) is 0 Å². The van der Waals surface area contributed by atoms with E-state index in [0.29, 0.717) is 0 Å². The van der Waals surface area contributed by atoms with Gasteiger partial charge in [0.25, 0.3) is 0 Å². The predicted molar refractivity (Wildman–Crippen MR) is 82.8 cm³/mol. The Kier molecular flexibility index (Phi) is 4.87. The highest BCUT2D eigenvalue weighted by Crippen LogP contribution is 2.22. The Morgan fingerprint density at radius 2 is 1.95 bits per heavy atom. The molecule has 6 heteroatoms. The van der Waals surface area contributed by atoms with E-state index in [1.54, 1.807) is 0 Å². The Hall–Kier alpha value is -0.980. The number of nitrogens with zero attached hydrogens (tertiary/aromatic N) is 3. The Morgan fingerprint density at radius 1 is 1.24 bits per heavy atom. The number of aromatic carboxylic acids is 1. The summed E-state index contributed by atoms with van der Waals surface area (Å²) in [5.74, 6) is -0.921. The fraction of sp³-hybridized carbons (Fsp3) is 0.733. The first-order valence-corrected chi connectivity index (χ1v) is 8.74. The van der Waals surface area contributed by atoms with Crippen LogP contribution >= 0.6 is 11.3 Å². The first-order valence-electron chi connectivity index (χ1n) is 7.86. The van der Waals surface area contributed by atoms with Gasteiger partial charge in [-0.25, -0.2) is 9.78 Å². The number of likely N-dealkylation sites (tertiary alicyclic amines) is 2. The van der Waals surface area contributed by atoms with Gasteiger partial charge in [-0.15, -0.1) is 11.3 Å². The minimum atomic E-state index is -0.921. The fourth-order valence-corrected chi connectivity index (χ4v) is 4.08. The summed E-state index contributed by atoms with van der Waals surface area (Å²) < 4.78 is 0. The first-order chi connectivity index (χ1) is 10.2. The number of carboxylic acids is 1. The van der Waals surface area contributed by atoms with Gasteiger partial charge in [-0.2, -0.15) is 0 Å². The van der Waals surface area contributed by atoms with Crippen LogP contribution in [-0.2, 0) is 6.54 Å². The van der Waals surface area contributed by atoms with Gasteiger partial charge in [-0.05, 0) is 38.8 Å². The Morgan fingerprint density at radius 3 is 2.57 bits per heavy atom. The zero-order valence-corrected chi connectivity index (χ0v) is 13.1. The molecule has 2 aliphatic rings. The van der Waals surface area contributed by atoms with Crippen molar-refractivity contribution in [3.63, 3.8) is 0 Å². The van der Waals surface area contributed by atoms with Gasteiger partial charge in [0.1, 0.15) is 0 Å². The maximum Gasteiger partial charge on any atom is 0.365 e. The number of aromatic nitrogens is 1. The van der Waals surface area contributed by atoms with Gasteiger partial charge in [-0.3, -0.25) is 4.90 Å². The standard InChI is InChI=1S/C15H23N3O2S/c19-15(20)14-16-12(11-21-14)10-17-8-4-13(5-9-17)18-6-2-1-3-7-18/h11,13H,1-10H2,(H,19,20). The molecule has 116 valence electrons. The van der Waals surface area contributed by atoms with Crippen LogP contribution in [-0.4, -0.2) is 58.1 Å². The lowest BCUT2D eigenvalue weighted by Crippen LogP contribution is -2.46. The summed E-state index contributed by atoms with van der Waals surface area (Å²) in [5.41, 5.74) is 0.897. The molecule has 0 unspecified atom stereocenters. The molecule has 21 heavy (non-hydrogen) atoms. The van der Waals surface area contributed by atoms with Crippen molar-refractivity contribution in [2.75, 3.05) is 26.2 Å². The third kappa shape index (κ3) is 3.81. The lowest BCUT2D eigenvalue weighted by molar-refractivity contribution is 0.0695. The topological polar surface area (TPSA) is 56.7 Å². The van der Waals surface area contributed by atoms with E-state index in [1.165, 1.54) is 56.5 Å². The van der Waals surface area contributed by atoms with E-state index in [0.717, 1.165) is 31.4 Å². The van der Waals surface area contributed by atoms with E-state index >= 15 is 0 Å². The number of thiazole rings is 1. The largest absolute Gasteiger partial charge is 0.476 e. The molecule has 1 aromatic heterocycles. The number of rotatable bonds is 4. The molecule has 0 aliphatic carbocycles. The van der Waals surface area contributed by atoms with Gasteiger partial charge in [0, 0.05) is 31.1 Å². The summed E-state index contributed by atoms with van der Waals surface area (Å²) in [6, 6.07) is 0.756. The van der Waals surface area contributed by atoms with Crippen LogP contribution < -0.4 is 0 Å². The predicted octanol–water partition coefficient (Wildman–Crippen LogP) is 2.29. The maximum atomic E-state index is 10.9. The monoisotopic (exact) mass is 309 g/mol. The van der Waals surface area contributed by atoms with Gasteiger partial charge in [0.15, 0.2) is 0 Å². The van der Waals surface area contributed by atoms with Crippen LogP contribution in [0.5, 0.6) is 0 Å². The van der Waals surface area contributed by atoms with E-state index in [1.807, 2.05) is 5.38 Å². The van der Waals surface area contributed by atoms with Crippen molar-refractivity contribution in [2.24, 2.45) is 0 Å². The molecule has 3 rings (SSSR count). The maximum absolute atomic E-state index is 10.9. The molecule has 0 radical (unpaired) electrons. The van der Waals surface area contributed by atoms with Crippen LogP contribution in [0.4, 0.5) is 0 Å². The first kappa shape index (κ1) is 14.9. The smallest absolute Gasteiger partial charge is 0.365 e. The highest BCUT2D eigenvalue weighted by Gasteiger charge is 2.25. The van der Waals surface area contributed by atoms with Crippen LogP contribution in [0.15, 0.2) is 5.38 Å². The molecular weight excluding hydrogens is 286 g/mol. The number of carbonyl (C=O) groups is 1. The van der Waals surface area contributed by atoms with E-state index in [-0.39, 0.29) is 5.01 Å². The zero-order chi connectivity index (χ0) is 14.7. The number of hydrogen-bond donors (Lipinski definition) is 1. The van der Waals surface area contributed by atoms with E-state index in [4.69, 9.17) is 5.11 Å². The molecule has 0 bridgehead atoms. The molecule has 2 aliphatic heterocycles. The minimum absolute atomic E-state index is 0.202. The third-order valence-electron chi connectivity index (χ3n) is 4.58. The number of piperidine rings is 2. The van der Waals surface area contributed by atoms with Crippen molar-refractivity contribution in [2.45, 2.75) is 44.7 Å². The SMILES string of the molecule is O=C(O)c1nc(CN2CCC(N3CCCCC3)CC2)cs1. The summed E-state index contributed by atoms with van der Waals surface area (Å²) in [5, 5.41) is 11.0. The van der Waals surface area contributed by atoms with Crippen LogP contribution in [0.25, 0.3) is 0 Å². The second kappa shape index (κ2) is 6.85. The molecule has 1 N–H and O–H groups in total. The summed E-state index contributed by atoms with van der Waals surface area (Å²) in [7, 11) is 0. The summed E-state index contributed by atoms with van der Waals surface area (Å²) in [4.78, 5) is 20.1. The lowest BCUT2D eigenvalue weighted by atomic mass is 10.00. The lowest BCUT2D eigenvalue weighted by Gasteiger charge is -2.40. The molecule has 3 heterocycles. The molecule has 0 aromatic carbocycles. The van der Waals surface area contributed by atoms with E-state index < -0.39 is 5.97 Å². The molecule has 5 nitrogen and oxygen atoms in total. The summed E-state index contributed by atoms with van der Waals surface area (Å²) in [6.45, 7) is 5.54. The molecule has 2 saturated heterocycles. The van der Waals surface area contributed by atoms with Gasteiger partial charge < -0.3 is 10.0 Å². The second-order valence-electron chi connectivity index (χ2n) is 6.05. The minimum Gasteiger partial charge on any atom is -0.476 e. The Bertz CT molecular complexity index is 477. The third-order valence-corrected chi connectivity index (χ3v) is 5.46. The summed E-state index contributed by atoms with van der Waals surface area (Å²) in [6.07, 6.45) is 6.57. The second-order valence-corrected chi connectivity index (χ2v) is 6.91. The van der Waals surface area contributed by atoms with E-state index in [9.17, 15) is 4.79 Å². The molecule has 0 saturated carbocycles. The van der Waals surface area contributed by atoms with Gasteiger partial charge >= 0.3 is 5.97 Å². The van der Waals surface area contributed by atoms with Crippen molar-refractivity contribution in [3.8, 4) is 0 Å². The molecule has 0 spiro atoms. The fourth-order valence-electron chi connectivity index (χ4n) is 3.43. The highest BCUT2D eigenvalue weighted by atomic mass is 32.1. The quantitative estimate of drug-likeness (QED) is 0.925. The molecule has 0 atom stereocenters.